The van der Waals surface area contributed by atoms with E-state index in [0.29, 0.717) is 17.7 Å². The van der Waals surface area contributed by atoms with Crippen molar-refractivity contribution in [2.75, 3.05) is 19.6 Å². The summed E-state index contributed by atoms with van der Waals surface area (Å²) < 4.78 is 2.75. The van der Waals surface area contributed by atoms with Gasteiger partial charge in [-0.15, -0.1) is 0 Å². The summed E-state index contributed by atoms with van der Waals surface area (Å²) in [7, 11) is -1.32. The molecule has 2 aliphatic rings. The van der Waals surface area contributed by atoms with E-state index in [-0.39, 0.29) is 11.8 Å². The molecule has 5 heteroatoms. The van der Waals surface area contributed by atoms with E-state index >= 15 is 0 Å². The van der Waals surface area contributed by atoms with Crippen LogP contribution >= 0.6 is 0 Å². The summed E-state index contributed by atoms with van der Waals surface area (Å²) in [6.45, 7) is 7.44. The maximum Gasteiger partial charge on any atom is 0.261 e. The van der Waals surface area contributed by atoms with Crippen molar-refractivity contribution in [3.05, 3.63) is 47.5 Å². The lowest BCUT2D eigenvalue weighted by molar-refractivity contribution is 0.0650. The van der Waals surface area contributed by atoms with E-state index in [9.17, 15) is 9.59 Å². The molecule has 2 heterocycles. The van der Waals surface area contributed by atoms with E-state index < -0.39 is 8.24 Å². The van der Waals surface area contributed by atoms with E-state index in [1.165, 1.54) is 42.4 Å². The van der Waals surface area contributed by atoms with Crippen LogP contribution in [0.25, 0.3) is 10.8 Å². The van der Waals surface area contributed by atoms with Crippen LogP contribution in [0, 0.1) is 0 Å². The minimum Gasteiger partial charge on any atom is -0.323 e. The maximum atomic E-state index is 12.9. The van der Waals surface area contributed by atoms with Gasteiger partial charge in [0, 0.05) is 6.54 Å². The number of nitrogens with zero attached hydrogens (tertiary/aromatic N) is 2. The molecular weight excluding hydrogens is 364 g/mol. The van der Waals surface area contributed by atoms with Gasteiger partial charge < -0.3 is 4.57 Å². The zero-order chi connectivity index (χ0) is 19.7. The lowest BCUT2D eigenvalue weighted by Gasteiger charge is -2.45. The summed E-state index contributed by atoms with van der Waals surface area (Å²) in [5.41, 5.74) is 1.13. The number of carbonyl (C=O) groups is 2. The Kier molecular flexibility index (Phi) is 5.39. The molecule has 0 radical (unpaired) electrons. The summed E-state index contributed by atoms with van der Waals surface area (Å²) >= 11 is 0. The molecule has 4 rings (SSSR count). The second kappa shape index (κ2) is 7.80. The highest BCUT2D eigenvalue weighted by molar-refractivity contribution is 6.77. The number of benzene rings is 2. The molecule has 0 unspecified atom stereocenters. The van der Waals surface area contributed by atoms with Gasteiger partial charge >= 0.3 is 0 Å². The molecule has 2 aromatic carbocycles. The molecule has 0 aromatic heterocycles. The Hall–Kier alpha value is -1.98. The Morgan fingerprint density at radius 2 is 1.50 bits per heavy atom. The molecule has 0 aliphatic carbocycles. The highest BCUT2D eigenvalue weighted by atomic mass is 28.3. The summed E-state index contributed by atoms with van der Waals surface area (Å²) in [5, 5.41) is 2.03. The molecule has 2 amide bonds. The van der Waals surface area contributed by atoms with E-state index in [1.54, 1.807) is 0 Å². The molecule has 1 saturated heterocycles. The minimum atomic E-state index is -1.32. The molecule has 0 atom stereocenters. The summed E-state index contributed by atoms with van der Waals surface area (Å²) in [6.07, 6.45) is 3.53. The predicted octanol–water partition coefficient (Wildman–Crippen LogP) is 4.91. The first kappa shape index (κ1) is 19.3. The molecule has 0 saturated carbocycles. The van der Waals surface area contributed by atoms with E-state index in [1.807, 2.05) is 36.4 Å². The van der Waals surface area contributed by atoms with Crippen molar-refractivity contribution in [3.63, 3.8) is 0 Å². The van der Waals surface area contributed by atoms with Gasteiger partial charge in [0.15, 0.2) is 0 Å². The second-order valence-corrected chi connectivity index (χ2v) is 13.2. The van der Waals surface area contributed by atoms with Crippen molar-refractivity contribution in [1.29, 1.82) is 0 Å². The minimum absolute atomic E-state index is 0.126. The predicted molar refractivity (Wildman–Crippen MR) is 116 cm³/mol. The van der Waals surface area contributed by atoms with Crippen LogP contribution in [0.1, 0.15) is 53.8 Å². The zero-order valence-electron chi connectivity index (χ0n) is 17.0. The quantitative estimate of drug-likeness (QED) is 0.516. The number of amides is 2. The van der Waals surface area contributed by atoms with Crippen molar-refractivity contribution < 1.29 is 9.59 Å². The average molecular weight is 395 g/mol. The normalized spacial score (nSPS) is 19.4. The maximum absolute atomic E-state index is 12.9. The standard InChI is InChI=1S/C23H30N2O2Si/c1-3-28(4-2)15-8-7-12-24(28)13-9-14-25-22(26)20-16-18-10-5-6-11-19(18)17-21(20)23(25)27/h5-6,10-11,16-17H,3-4,7-9,12-15H2,1-2H3. The lowest BCUT2D eigenvalue weighted by Crippen LogP contribution is -2.55. The number of imide groups is 1. The van der Waals surface area contributed by atoms with E-state index in [2.05, 4.69) is 18.4 Å². The second-order valence-electron chi connectivity index (χ2n) is 8.24. The summed E-state index contributed by atoms with van der Waals surface area (Å²) in [6, 6.07) is 15.7. The Labute approximate surface area is 168 Å². The van der Waals surface area contributed by atoms with Gasteiger partial charge in [-0.2, -0.15) is 0 Å². The summed E-state index contributed by atoms with van der Waals surface area (Å²) in [4.78, 5) is 27.2. The lowest BCUT2D eigenvalue weighted by atomic mass is 10.0. The Morgan fingerprint density at radius 1 is 0.893 bits per heavy atom. The van der Waals surface area contributed by atoms with Gasteiger partial charge in [-0.3, -0.25) is 14.5 Å². The first-order chi connectivity index (χ1) is 13.6. The fourth-order valence-electron chi connectivity index (χ4n) is 5.15. The van der Waals surface area contributed by atoms with E-state index in [4.69, 9.17) is 0 Å². The number of rotatable bonds is 6. The number of carbonyl (C=O) groups excluding carboxylic acids is 2. The third-order valence-corrected chi connectivity index (χ3v) is 12.7. The van der Waals surface area contributed by atoms with Gasteiger partial charge in [0.1, 0.15) is 8.24 Å². The van der Waals surface area contributed by atoms with Crippen LogP contribution in [-0.2, 0) is 0 Å². The molecular formula is C23H30N2O2Si. The van der Waals surface area contributed by atoms with Crippen molar-refractivity contribution >= 4 is 30.8 Å². The topological polar surface area (TPSA) is 40.6 Å². The van der Waals surface area contributed by atoms with Crippen molar-refractivity contribution in [2.45, 2.75) is 51.2 Å². The smallest absolute Gasteiger partial charge is 0.261 e. The summed E-state index contributed by atoms with van der Waals surface area (Å²) in [5.74, 6) is -0.252. The third kappa shape index (κ3) is 3.20. The van der Waals surface area contributed by atoms with Gasteiger partial charge in [0.25, 0.3) is 11.8 Å². The molecule has 148 valence electrons. The zero-order valence-corrected chi connectivity index (χ0v) is 18.0. The van der Waals surface area contributed by atoms with Gasteiger partial charge in [-0.05, 0) is 67.0 Å². The van der Waals surface area contributed by atoms with Crippen LogP contribution in [0.15, 0.2) is 36.4 Å². The number of fused-ring (bicyclic) bond motifs is 2. The molecule has 2 aliphatic heterocycles. The number of hydrogen-bond acceptors (Lipinski definition) is 3. The molecule has 0 spiro atoms. The van der Waals surface area contributed by atoms with Crippen molar-refractivity contribution in [2.24, 2.45) is 0 Å². The highest BCUT2D eigenvalue weighted by Gasteiger charge is 2.39. The van der Waals surface area contributed by atoms with Gasteiger partial charge in [0.05, 0.1) is 11.1 Å². The Balaban J connectivity index is 1.46. The highest BCUT2D eigenvalue weighted by Crippen LogP contribution is 2.32. The first-order valence-corrected chi connectivity index (χ1v) is 13.3. The third-order valence-electron chi connectivity index (χ3n) is 6.95. The molecule has 0 N–H and O–H groups in total. The Morgan fingerprint density at radius 3 is 2.07 bits per heavy atom. The molecule has 28 heavy (non-hydrogen) atoms. The SMILES string of the molecule is CC[Si]1(CC)CCCCN1CCCN1C(=O)c2cc3ccccc3cc2C1=O. The van der Waals surface area contributed by atoms with Crippen molar-refractivity contribution in [3.8, 4) is 0 Å². The molecule has 1 fully saturated rings. The fraction of sp³-hybridized carbons (Fsp3) is 0.478. The molecule has 0 bridgehead atoms. The molecule has 4 nitrogen and oxygen atoms in total. The van der Waals surface area contributed by atoms with Gasteiger partial charge in [-0.25, -0.2) is 0 Å². The van der Waals surface area contributed by atoms with Crippen LogP contribution in [-0.4, -0.2) is 49.1 Å². The largest absolute Gasteiger partial charge is 0.323 e. The Bertz CT molecular complexity index is 852. The van der Waals surface area contributed by atoms with Crippen LogP contribution in [0.4, 0.5) is 0 Å². The number of hydrogen-bond donors (Lipinski definition) is 0. The fourth-order valence-corrected chi connectivity index (χ4v) is 9.74. The van der Waals surface area contributed by atoms with Crippen LogP contribution in [0.3, 0.4) is 0 Å². The molecule has 2 aromatic rings. The van der Waals surface area contributed by atoms with Crippen LogP contribution in [0.5, 0.6) is 0 Å². The van der Waals surface area contributed by atoms with Gasteiger partial charge in [-0.1, -0.05) is 44.5 Å². The monoisotopic (exact) mass is 394 g/mol. The average Bonchev–Trinajstić information content (AvgIpc) is 2.97. The van der Waals surface area contributed by atoms with Crippen LogP contribution in [0.2, 0.25) is 18.1 Å². The van der Waals surface area contributed by atoms with E-state index in [0.717, 1.165) is 23.7 Å². The van der Waals surface area contributed by atoms with Gasteiger partial charge in [0.2, 0.25) is 0 Å². The van der Waals surface area contributed by atoms with Crippen LogP contribution < -0.4 is 0 Å². The van der Waals surface area contributed by atoms with Crippen molar-refractivity contribution in [1.82, 2.24) is 9.47 Å². The first-order valence-electron chi connectivity index (χ1n) is 10.7.